The molecule has 1 saturated heterocycles. The standard InChI is InChI=1S/C20H14BrCl2NO5S/c1-28-18(25)10-29-16-6-5-12(21)7-11(16)8-17-19(26)24(20(27)30-17)9-13-14(22)3-2-4-15(13)23/h2-8H,9-10H2,1H3/b17-8+. The van der Waals surface area contributed by atoms with Gasteiger partial charge in [0.25, 0.3) is 11.1 Å². The summed E-state index contributed by atoms with van der Waals surface area (Å²) in [4.78, 5) is 38.0. The highest BCUT2D eigenvalue weighted by Gasteiger charge is 2.36. The SMILES string of the molecule is COC(=O)COc1ccc(Br)cc1/C=C1/SC(=O)N(Cc2c(Cl)cccc2Cl)C1=O. The molecule has 1 aliphatic rings. The predicted octanol–water partition coefficient (Wildman–Crippen LogP) is 5.54. The molecule has 2 aromatic rings. The van der Waals surface area contributed by atoms with Crippen molar-refractivity contribution in [2.45, 2.75) is 6.54 Å². The second-order valence-electron chi connectivity index (χ2n) is 6.02. The number of rotatable bonds is 6. The lowest BCUT2D eigenvalue weighted by Gasteiger charge is -2.14. The first-order valence-electron chi connectivity index (χ1n) is 8.47. The van der Waals surface area contributed by atoms with E-state index in [4.69, 9.17) is 27.9 Å². The number of hydrogen-bond acceptors (Lipinski definition) is 6. The molecule has 2 amide bonds. The summed E-state index contributed by atoms with van der Waals surface area (Å²) in [5.41, 5.74) is 1.02. The molecule has 0 aromatic heterocycles. The van der Waals surface area contributed by atoms with Crippen LogP contribution in [-0.4, -0.2) is 35.7 Å². The molecule has 10 heteroatoms. The average molecular weight is 531 g/mol. The molecule has 0 unspecified atom stereocenters. The number of benzene rings is 2. The van der Waals surface area contributed by atoms with E-state index < -0.39 is 17.1 Å². The summed E-state index contributed by atoms with van der Waals surface area (Å²) < 4.78 is 10.8. The Hall–Kier alpha value is -2.00. The third-order valence-corrected chi connectivity index (χ3v) is 6.19. The molecule has 0 bridgehead atoms. The van der Waals surface area contributed by atoms with Crippen molar-refractivity contribution in [3.8, 4) is 5.75 Å². The van der Waals surface area contributed by atoms with Gasteiger partial charge in [0.1, 0.15) is 5.75 Å². The molecule has 30 heavy (non-hydrogen) atoms. The van der Waals surface area contributed by atoms with Crippen LogP contribution in [-0.2, 0) is 20.9 Å². The van der Waals surface area contributed by atoms with E-state index in [1.807, 2.05) is 0 Å². The molecular weight excluding hydrogens is 517 g/mol. The number of nitrogens with zero attached hydrogens (tertiary/aromatic N) is 1. The van der Waals surface area contributed by atoms with Crippen LogP contribution in [0.5, 0.6) is 5.75 Å². The Morgan fingerprint density at radius 1 is 1.20 bits per heavy atom. The number of carbonyl (C=O) groups excluding carboxylic acids is 3. The highest BCUT2D eigenvalue weighted by molar-refractivity contribution is 9.10. The first kappa shape index (κ1) is 22.7. The number of amides is 2. The van der Waals surface area contributed by atoms with Crippen molar-refractivity contribution in [3.05, 3.63) is 66.9 Å². The zero-order valence-electron chi connectivity index (χ0n) is 15.5. The van der Waals surface area contributed by atoms with Gasteiger partial charge in [-0.15, -0.1) is 0 Å². The van der Waals surface area contributed by atoms with Crippen LogP contribution in [0.1, 0.15) is 11.1 Å². The average Bonchev–Trinajstić information content (AvgIpc) is 2.97. The van der Waals surface area contributed by atoms with Gasteiger partial charge >= 0.3 is 5.97 Å². The molecule has 156 valence electrons. The third-order valence-electron chi connectivity index (χ3n) is 4.08. The predicted molar refractivity (Wildman–Crippen MR) is 120 cm³/mol. The highest BCUT2D eigenvalue weighted by Crippen LogP contribution is 2.37. The number of halogens is 3. The molecule has 1 aliphatic heterocycles. The Labute approximate surface area is 195 Å². The van der Waals surface area contributed by atoms with E-state index in [9.17, 15) is 14.4 Å². The molecule has 0 radical (unpaired) electrons. The molecule has 0 saturated carbocycles. The monoisotopic (exact) mass is 529 g/mol. The van der Waals surface area contributed by atoms with Crippen LogP contribution < -0.4 is 4.74 Å². The summed E-state index contributed by atoms with van der Waals surface area (Å²) in [6.07, 6.45) is 1.54. The van der Waals surface area contributed by atoms with Gasteiger partial charge in [0, 0.05) is 25.6 Å². The van der Waals surface area contributed by atoms with Crippen LogP contribution in [0, 0.1) is 0 Å². The van der Waals surface area contributed by atoms with E-state index in [0.717, 1.165) is 21.1 Å². The van der Waals surface area contributed by atoms with Crippen molar-refractivity contribution in [1.29, 1.82) is 0 Å². The fourth-order valence-electron chi connectivity index (χ4n) is 2.58. The van der Waals surface area contributed by atoms with Crippen molar-refractivity contribution in [1.82, 2.24) is 4.90 Å². The molecule has 1 heterocycles. The maximum atomic E-state index is 12.9. The van der Waals surface area contributed by atoms with E-state index >= 15 is 0 Å². The first-order chi connectivity index (χ1) is 14.3. The third kappa shape index (κ3) is 5.18. The van der Waals surface area contributed by atoms with Crippen molar-refractivity contribution in [2.24, 2.45) is 0 Å². The number of methoxy groups -OCH3 is 1. The zero-order chi connectivity index (χ0) is 21.8. The lowest BCUT2D eigenvalue weighted by atomic mass is 10.1. The van der Waals surface area contributed by atoms with Gasteiger partial charge in [-0.2, -0.15) is 0 Å². The van der Waals surface area contributed by atoms with Crippen molar-refractivity contribution in [2.75, 3.05) is 13.7 Å². The quantitative estimate of drug-likeness (QED) is 0.360. The van der Waals surface area contributed by atoms with Gasteiger partial charge in [-0.05, 0) is 48.2 Å². The fraction of sp³-hybridized carbons (Fsp3) is 0.150. The molecular formula is C20H14BrCl2NO5S. The summed E-state index contributed by atoms with van der Waals surface area (Å²) in [5, 5.41) is 0.307. The van der Waals surface area contributed by atoms with Gasteiger partial charge < -0.3 is 9.47 Å². The minimum atomic E-state index is -0.541. The summed E-state index contributed by atoms with van der Waals surface area (Å²) in [7, 11) is 1.26. The van der Waals surface area contributed by atoms with Crippen LogP contribution in [0.4, 0.5) is 4.79 Å². The molecule has 0 spiro atoms. The smallest absolute Gasteiger partial charge is 0.343 e. The Morgan fingerprint density at radius 2 is 1.90 bits per heavy atom. The largest absolute Gasteiger partial charge is 0.481 e. The van der Waals surface area contributed by atoms with E-state index in [2.05, 4.69) is 20.7 Å². The van der Waals surface area contributed by atoms with Gasteiger partial charge in [-0.3, -0.25) is 14.5 Å². The Morgan fingerprint density at radius 3 is 2.57 bits per heavy atom. The topological polar surface area (TPSA) is 72.9 Å². The summed E-state index contributed by atoms with van der Waals surface area (Å²) in [6, 6.07) is 10.1. The summed E-state index contributed by atoms with van der Waals surface area (Å²) in [6.45, 7) is -0.323. The van der Waals surface area contributed by atoms with Crippen molar-refractivity contribution >= 4 is 74.1 Å². The lowest BCUT2D eigenvalue weighted by Crippen LogP contribution is -2.27. The highest BCUT2D eigenvalue weighted by atomic mass is 79.9. The molecule has 3 rings (SSSR count). The number of ether oxygens (including phenoxy) is 2. The van der Waals surface area contributed by atoms with Gasteiger partial charge in [-0.25, -0.2) is 4.79 Å². The Bertz CT molecular complexity index is 1040. The first-order valence-corrected chi connectivity index (χ1v) is 10.8. The van der Waals surface area contributed by atoms with Crippen LogP contribution in [0.25, 0.3) is 6.08 Å². The van der Waals surface area contributed by atoms with Gasteiger partial charge in [-0.1, -0.05) is 45.2 Å². The summed E-state index contributed by atoms with van der Waals surface area (Å²) in [5.74, 6) is -0.648. The van der Waals surface area contributed by atoms with E-state index in [0.29, 0.717) is 26.9 Å². The second kappa shape index (κ2) is 9.87. The molecule has 0 N–H and O–H groups in total. The number of esters is 1. The van der Waals surface area contributed by atoms with Gasteiger partial charge in [0.05, 0.1) is 18.6 Å². The molecule has 0 atom stereocenters. The molecule has 1 fully saturated rings. The number of carbonyl (C=O) groups is 3. The van der Waals surface area contributed by atoms with Gasteiger partial charge in [0.15, 0.2) is 6.61 Å². The lowest BCUT2D eigenvalue weighted by molar-refractivity contribution is -0.142. The zero-order valence-corrected chi connectivity index (χ0v) is 19.4. The number of thioether (sulfide) groups is 1. The van der Waals surface area contributed by atoms with Crippen LogP contribution in [0.15, 0.2) is 45.8 Å². The normalized spacial score (nSPS) is 15.1. The summed E-state index contributed by atoms with van der Waals surface area (Å²) >= 11 is 16.5. The maximum absolute atomic E-state index is 12.9. The second-order valence-corrected chi connectivity index (χ2v) is 8.74. The van der Waals surface area contributed by atoms with E-state index in [-0.39, 0.29) is 18.1 Å². The van der Waals surface area contributed by atoms with E-state index in [1.54, 1.807) is 36.4 Å². The Balaban J connectivity index is 1.87. The molecule has 6 nitrogen and oxygen atoms in total. The van der Waals surface area contributed by atoms with Crippen LogP contribution >= 0.6 is 50.9 Å². The molecule has 2 aromatic carbocycles. The number of imide groups is 1. The minimum absolute atomic E-state index is 0.0370. The number of hydrogen-bond donors (Lipinski definition) is 0. The van der Waals surface area contributed by atoms with Crippen LogP contribution in [0.3, 0.4) is 0 Å². The Kier molecular flexibility index (Phi) is 7.46. The minimum Gasteiger partial charge on any atom is -0.481 e. The van der Waals surface area contributed by atoms with Gasteiger partial charge in [0.2, 0.25) is 0 Å². The fourth-order valence-corrected chi connectivity index (χ4v) is 4.30. The van der Waals surface area contributed by atoms with Crippen molar-refractivity contribution < 1.29 is 23.9 Å². The van der Waals surface area contributed by atoms with E-state index in [1.165, 1.54) is 13.2 Å². The van der Waals surface area contributed by atoms with Crippen LogP contribution in [0.2, 0.25) is 10.0 Å². The van der Waals surface area contributed by atoms with Crippen molar-refractivity contribution in [3.63, 3.8) is 0 Å². The maximum Gasteiger partial charge on any atom is 0.343 e. The molecule has 0 aliphatic carbocycles.